The van der Waals surface area contributed by atoms with Gasteiger partial charge in [0.25, 0.3) is 5.91 Å². The van der Waals surface area contributed by atoms with Crippen LogP contribution in [0.15, 0.2) is 66.7 Å². The third kappa shape index (κ3) is 7.15. The SMILES string of the molecule is C[C@H](N(Cc1ccc(F)cc1)C(=O)CN1CO[C@]2(C(=O)Cc3cc(NC(=O)Nc4cccc(CN5CCCC5)c4)ccc32)C1=O)C(F)(F)F. The maximum atomic E-state index is 13.7. The Kier molecular flexibility index (Phi) is 9.45. The highest BCUT2D eigenvalue weighted by molar-refractivity contribution is 6.15. The number of benzene rings is 3. The quantitative estimate of drug-likeness (QED) is 0.238. The van der Waals surface area contributed by atoms with Crippen LogP contribution in [0.4, 0.5) is 33.7 Å². The fourth-order valence-corrected chi connectivity index (χ4v) is 6.53. The summed E-state index contributed by atoms with van der Waals surface area (Å²) < 4.78 is 60.4. The molecule has 6 rings (SSSR count). The Balaban J connectivity index is 1.12. The molecule has 2 fully saturated rings. The van der Waals surface area contributed by atoms with E-state index in [4.69, 9.17) is 4.74 Å². The number of hydrogen-bond acceptors (Lipinski definition) is 6. The molecule has 0 aromatic heterocycles. The Bertz CT molecular complexity index is 1760. The van der Waals surface area contributed by atoms with Crippen molar-refractivity contribution in [2.75, 3.05) is 37.0 Å². The van der Waals surface area contributed by atoms with Crippen LogP contribution in [-0.4, -0.2) is 76.9 Å². The van der Waals surface area contributed by atoms with E-state index in [1.54, 1.807) is 12.1 Å². The highest BCUT2D eigenvalue weighted by Crippen LogP contribution is 2.43. The maximum Gasteiger partial charge on any atom is 0.408 e. The molecule has 10 nitrogen and oxygen atoms in total. The number of ketones is 1. The van der Waals surface area contributed by atoms with Gasteiger partial charge in [0.05, 0.1) is 0 Å². The third-order valence-electron chi connectivity index (χ3n) is 9.15. The molecule has 2 aliphatic heterocycles. The maximum absolute atomic E-state index is 13.7. The highest BCUT2D eigenvalue weighted by Gasteiger charge is 2.59. The van der Waals surface area contributed by atoms with E-state index < -0.39 is 67.1 Å². The number of anilines is 2. The minimum atomic E-state index is -4.78. The normalized spacial score (nSPS) is 19.7. The van der Waals surface area contributed by atoms with Gasteiger partial charge in [0.1, 0.15) is 25.1 Å². The summed E-state index contributed by atoms with van der Waals surface area (Å²) in [6.45, 7) is 1.95. The van der Waals surface area contributed by atoms with E-state index in [-0.39, 0.29) is 17.5 Å². The number of ether oxygens (including phenoxy) is 1. The Hall–Kier alpha value is -4.82. The highest BCUT2D eigenvalue weighted by atomic mass is 19.4. The number of halogens is 4. The van der Waals surface area contributed by atoms with Crippen LogP contribution in [0.3, 0.4) is 0 Å². The zero-order valence-electron chi connectivity index (χ0n) is 26.7. The summed E-state index contributed by atoms with van der Waals surface area (Å²) in [4.78, 5) is 56.9. The van der Waals surface area contributed by atoms with Crippen LogP contribution in [0.2, 0.25) is 0 Å². The fourth-order valence-electron chi connectivity index (χ4n) is 6.53. The van der Waals surface area contributed by atoms with Gasteiger partial charge in [-0.25, -0.2) is 9.18 Å². The number of carbonyl (C=O) groups excluding carboxylic acids is 4. The van der Waals surface area contributed by atoms with E-state index in [0.29, 0.717) is 21.8 Å². The molecule has 14 heteroatoms. The number of hydrogen-bond donors (Lipinski definition) is 2. The molecule has 258 valence electrons. The summed E-state index contributed by atoms with van der Waals surface area (Å²) in [6.07, 6.45) is -2.62. The molecule has 49 heavy (non-hydrogen) atoms. The number of rotatable bonds is 9. The predicted octanol–water partition coefficient (Wildman–Crippen LogP) is 5.18. The van der Waals surface area contributed by atoms with Crippen LogP contribution in [0, 0.1) is 5.82 Å². The summed E-state index contributed by atoms with van der Waals surface area (Å²) in [6, 6.07) is 14.1. The van der Waals surface area contributed by atoms with Gasteiger partial charge < -0.3 is 25.2 Å². The Morgan fingerprint density at radius 3 is 2.35 bits per heavy atom. The van der Waals surface area contributed by atoms with Gasteiger partial charge in [-0.05, 0) is 85.9 Å². The monoisotopic (exact) mass is 681 g/mol. The molecular weight excluding hydrogens is 646 g/mol. The van der Waals surface area contributed by atoms with Crippen LogP contribution in [0.25, 0.3) is 0 Å². The molecule has 0 radical (unpaired) electrons. The summed E-state index contributed by atoms with van der Waals surface area (Å²) in [7, 11) is 0. The van der Waals surface area contributed by atoms with E-state index in [0.717, 1.165) is 49.2 Å². The number of urea groups is 1. The van der Waals surface area contributed by atoms with Crippen molar-refractivity contribution in [3.63, 3.8) is 0 Å². The van der Waals surface area contributed by atoms with Gasteiger partial charge in [0, 0.05) is 36.4 Å². The molecule has 3 aromatic carbocycles. The van der Waals surface area contributed by atoms with Crippen molar-refractivity contribution in [2.45, 2.75) is 57.1 Å². The largest absolute Gasteiger partial charge is 0.408 e. The molecule has 2 atom stereocenters. The van der Waals surface area contributed by atoms with Crippen molar-refractivity contribution in [2.24, 2.45) is 0 Å². The Morgan fingerprint density at radius 1 is 0.959 bits per heavy atom. The first-order valence-electron chi connectivity index (χ1n) is 15.9. The first-order valence-corrected chi connectivity index (χ1v) is 15.9. The van der Waals surface area contributed by atoms with E-state index >= 15 is 0 Å². The molecule has 3 aliphatic rings. The van der Waals surface area contributed by atoms with E-state index in [1.165, 1.54) is 37.1 Å². The van der Waals surface area contributed by atoms with Crippen LogP contribution >= 0.6 is 0 Å². The Morgan fingerprint density at radius 2 is 1.65 bits per heavy atom. The molecule has 2 heterocycles. The lowest BCUT2D eigenvalue weighted by Gasteiger charge is -2.32. The predicted molar refractivity (Wildman–Crippen MR) is 171 cm³/mol. The van der Waals surface area contributed by atoms with E-state index in [1.807, 2.05) is 18.2 Å². The molecule has 3 aromatic rings. The lowest BCUT2D eigenvalue weighted by Crippen LogP contribution is -2.51. The standard InChI is InChI=1S/C35H35F4N5O5/c1-22(35(37,38)39)44(19-23-7-9-26(36)10-8-23)31(46)20-43-21-49-34(32(43)47)29-12-11-28(16-25(29)17-30(34)45)41-33(48)40-27-6-4-5-24(15-27)18-42-13-2-3-14-42/h4-12,15-16,22H,2-3,13-14,17-21H2,1H3,(H2,40,41,48)/t22-,34+/m0/s1. The second kappa shape index (κ2) is 13.6. The van der Waals surface area contributed by atoms with Crippen molar-refractivity contribution >= 4 is 35.0 Å². The summed E-state index contributed by atoms with van der Waals surface area (Å²) in [5.74, 6) is -3.07. The van der Waals surface area contributed by atoms with Crippen LogP contribution in [-0.2, 0) is 44.2 Å². The molecule has 1 aliphatic carbocycles. The van der Waals surface area contributed by atoms with Crippen LogP contribution < -0.4 is 10.6 Å². The molecule has 4 amide bonds. The number of amides is 4. The molecule has 2 N–H and O–H groups in total. The van der Waals surface area contributed by atoms with Gasteiger partial charge in [0.2, 0.25) is 11.5 Å². The average molecular weight is 682 g/mol. The van der Waals surface area contributed by atoms with Gasteiger partial charge in [0.15, 0.2) is 5.78 Å². The lowest BCUT2D eigenvalue weighted by atomic mass is 9.94. The van der Waals surface area contributed by atoms with E-state index in [9.17, 15) is 36.7 Å². The van der Waals surface area contributed by atoms with Crippen LogP contribution in [0.1, 0.15) is 42.0 Å². The summed E-state index contributed by atoms with van der Waals surface area (Å²) in [5, 5.41) is 5.55. The number of fused-ring (bicyclic) bond motifs is 2. The third-order valence-corrected chi connectivity index (χ3v) is 9.15. The van der Waals surface area contributed by atoms with Crippen molar-refractivity contribution in [3.05, 3.63) is 94.8 Å². The molecular formula is C35H35F4N5O5. The van der Waals surface area contributed by atoms with Crippen molar-refractivity contribution in [1.82, 2.24) is 14.7 Å². The number of Topliss-reactive ketones (excluding diaryl/α,β-unsaturated/α-hetero) is 1. The second-order valence-corrected chi connectivity index (χ2v) is 12.6. The topological polar surface area (TPSA) is 111 Å². The average Bonchev–Trinajstić information content (AvgIpc) is 3.75. The number of carbonyl (C=O) groups is 4. The van der Waals surface area contributed by atoms with E-state index in [2.05, 4.69) is 15.5 Å². The fraction of sp³-hybridized carbons (Fsp3) is 0.371. The van der Waals surface area contributed by atoms with Crippen molar-refractivity contribution in [1.29, 1.82) is 0 Å². The minimum absolute atomic E-state index is 0.194. The first kappa shape index (κ1) is 34.1. The first-order chi connectivity index (χ1) is 23.3. The van der Waals surface area contributed by atoms with Gasteiger partial charge in [-0.3, -0.25) is 19.3 Å². The number of alkyl halides is 3. The molecule has 0 bridgehead atoms. The second-order valence-electron chi connectivity index (χ2n) is 12.6. The van der Waals surface area contributed by atoms with Gasteiger partial charge >= 0.3 is 12.2 Å². The Labute approximate surface area is 280 Å². The zero-order chi connectivity index (χ0) is 34.9. The molecule has 0 unspecified atom stereocenters. The van der Waals surface area contributed by atoms with Gasteiger partial charge in [-0.2, -0.15) is 13.2 Å². The van der Waals surface area contributed by atoms with Gasteiger partial charge in [-0.15, -0.1) is 0 Å². The van der Waals surface area contributed by atoms with Crippen molar-refractivity contribution < 1.29 is 41.5 Å². The minimum Gasteiger partial charge on any atom is -0.332 e. The number of nitrogens with one attached hydrogen (secondary N) is 2. The smallest absolute Gasteiger partial charge is 0.332 e. The summed E-state index contributed by atoms with van der Waals surface area (Å²) >= 11 is 0. The van der Waals surface area contributed by atoms with Gasteiger partial charge in [-0.1, -0.05) is 30.3 Å². The van der Waals surface area contributed by atoms with Crippen LogP contribution in [0.5, 0.6) is 0 Å². The zero-order valence-corrected chi connectivity index (χ0v) is 26.7. The van der Waals surface area contributed by atoms with Crippen molar-refractivity contribution in [3.8, 4) is 0 Å². The lowest BCUT2D eigenvalue weighted by molar-refractivity contribution is -0.187. The summed E-state index contributed by atoms with van der Waals surface area (Å²) in [5.41, 5.74) is 0.937. The molecule has 1 spiro atoms. The molecule has 2 saturated heterocycles. The number of nitrogens with zero attached hydrogens (tertiary/aromatic N) is 3. The number of likely N-dealkylation sites (tertiary alicyclic amines) is 1. The molecule has 0 saturated carbocycles.